The standard InChI is InChI=1S/C12H19N/c1-5-11-6-7-13-10(4)12(8-11)9(2)3/h6-7,9H,5,8H2,1-4H3. The van der Waals surface area contributed by atoms with Gasteiger partial charge in [0.2, 0.25) is 0 Å². The minimum atomic E-state index is 0.616. The van der Waals surface area contributed by atoms with E-state index in [1.54, 1.807) is 0 Å². The van der Waals surface area contributed by atoms with E-state index < -0.39 is 0 Å². The van der Waals surface area contributed by atoms with Crippen molar-refractivity contribution in [1.29, 1.82) is 0 Å². The van der Waals surface area contributed by atoms with Crippen molar-refractivity contribution in [1.82, 2.24) is 0 Å². The SMILES string of the molecule is CCC1=CC=NC(C)=C(C(C)C)C1. The van der Waals surface area contributed by atoms with Crippen LogP contribution in [0.15, 0.2) is 27.9 Å². The molecule has 0 aliphatic carbocycles. The van der Waals surface area contributed by atoms with Gasteiger partial charge in [0, 0.05) is 11.9 Å². The van der Waals surface area contributed by atoms with Gasteiger partial charge >= 0.3 is 0 Å². The van der Waals surface area contributed by atoms with Crippen molar-refractivity contribution in [3.63, 3.8) is 0 Å². The Morgan fingerprint density at radius 1 is 1.46 bits per heavy atom. The van der Waals surface area contributed by atoms with E-state index in [-0.39, 0.29) is 0 Å². The summed E-state index contributed by atoms with van der Waals surface area (Å²) in [5.41, 5.74) is 4.18. The molecular weight excluding hydrogens is 158 g/mol. The van der Waals surface area contributed by atoms with Crippen LogP contribution in [0.1, 0.15) is 40.5 Å². The van der Waals surface area contributed by atoms with Crippen molar-refractivity contribution in [2.45, 2.75) is 40.5 Å². The Bertz CT molecular complexity index is 267. The summed E-state index contributed by atoms with van der Waals surface area (Å²) in [5.74, 6) is 0.616. The van der Waals surface area contributed by atoms with E-state index in [4.69, 9.17) is 0 Å². The van der Waals surface area contributed by atoms with Gasteiger partial charge in [-0.05, 0) is 37.3 Å². The summed E-state index contributed by atoms with van der Waals surface area (Å²) in [6.07, 6.45) is 6.33. The van der Waals surface area contributed by atoms with Gasteiger partial charge in [-0.2, -0.15) is 0 Å². The van der Waals surface area contributed by atoms with Crippen LogP contribution in [0.4, 0.5) is 0 Å². The third-order valence-electron chi connectivity index (χ3n) is 2.61. The molecule has 0 fully saturated rings. The van der Waals surface area contributed by atoms with Crippen LogP contribution in [-0.2, 0) is 0 Å². The summed E-state index contributed by atoms with van der Waals surface area (Å²) in [4.78, 5) is 4.40. The first-order valence-corrected chi connectivity index (χ1v) is 5.06. The summed E-state index contributed by atoms with van der Waals surface area (Å²) < 4.78 is 0. The molecule has 0 unspecified atom stereocenters. The Balaban J connectivity index is 2.92. The lowest BCUT2D eigenvalue weighted by Crippen LogP contribution is -1.97. The lowest BCUT2D eigenvalue weighted by molar-refractivity contribution is 0.718. The molecule has 1 aliphatic rings. The zero-order chi connectivity index (χ0) is 9.84. The van der Waals surface area contributed by atoms with Crippen LogP contribution in [0.2, 0.25) is 0 Å². The molecule has 0 aromatic heterocycles. The van der Waals surface area contributed by atoms with Gasteiger partial charge in [0.05, 0.1) is 0 Å². The van der Waals surface area contributed by atoms with E-state index in [0.717, 1.165) is 12.8 Å². The van der Waals surface area contributed by atoms with E-state index >= 15 is 0 Å². The first-order chi connectivity index (χ1) is 6.15. The Morgan fingerprint density at radius 2 is 2.15 bits per heavy atom. The van der Waals surface area contributed by atoms with Gasteiger partial charge in [-0.15, -0.1) is 0 Å². The van der Waals surface area contributed by atoms with Crippen molar-refractivity contribution < 1.29 is 0 Å². The lowest BCUT2D eigenvalue weighted by atomic mass is 9.93. The molecule has 0 saturated carbocycles. The predicted octanol–water partition coefficient (Wildman–Crippen LogP) is 3.73. The minimum Gasteiger partial charge on any atom is -0.262 e. The molecule has 0 radical (unpaired) electrons. The van der Waals surface area contributed by atoms with Crippen LogP contribution in [0, 0.1) is 5.92 Å². The monoisotopic (exact) mass is 177 g/mol. The Kier molecular flexibility index (Phi) is 3.47. The summed E-state index contributed by atoms with van der Waals surface area (Å²) in [7, 11) is 0. The van der Waals surface area contributed by atoms with Gasteiger partial charge in [-0.1, -0.05) is 26.3 Å². The van der Waals surface area contributed by atoms with Crippen molar-refractivity contribution in [2.24, 2.45) is 10.9 Å². The average Bonchev–Trinajstić information content (AvgIpc) is 2.26. The highest BCUT2D eigenvalue weighted by atomic mass is 14.7. The second-order valence-corrected chi connectivity index (χ2v) is 3.90. The lowest BCUT2D eigenvalue weighted by Gasteiger charge is -2.13. The third-order valence-corrected chi connectivity index (χ3v) is 2.61. The number of nitrogens with zero attached hydrogens (tertiary/aromatic N) is 1. The van der Waals surface area contributed by atoms with E-state index in [9.17, 15) is 0 Å². The molecule has 72 valence electrons. The van der Waals surface area contributed by atoms with Gasteiger partial charge in [0.25, 0.3) is 0 Å². The number of allylic oxidation sites excluding steroid dienone is 4. The average molecular weight is 177 g/mol. The van der Waals surface area contributed by atoms with Crippen LogP contribution in [0.3, 0.4) is 0 Å². The Morgan fingerprint density at radius 3 is 2.69 bits per heavy atom. The van der Waals surface area contributed by atoms with Crippen LogP contribution >= 0.6 is 0 Å². The fraction of sp³-hybridized carbons (Fsp3) is 0.583. The minimum absolute atomic E-state index is 0.616. The normalized spacial score (nSPS) is 17.8. The molecule has 0 amide bonds. The number of hydrogen-bond donors (Lipinski definition) is 0. The van der Waals surface area contributed by atoms with Crippen LogP contribution < -0.4 is 0 Å². The molecule has 1 aliphatic heterocycles. The van der Waals surface area contributed by atoms with E-state index in [2.05, 4.69) is 38.8 Å². The van der Waals surface area contributed by atoms with E-state index in [1.165, 1.54) is 16.8 Å². The quantitative estimate of drug-likeness (QED) is 0.609. The molecule has 0 saturated heterocycles. The fourth-order valence-corrected chi connectivity index (χ4v) is 1.63. The summed E-state index contributed by atoms with van der Waals surface area (Å²) in [5, 5.41) is 0. The number of hydrogen-bond acceptors (Lipinski definition) is 1. The number of rotatable bonds is 2. The van der Waals surface area contributed by atoms with E-state index in [1.807, 2.05) is 6.21 Å². The van der Waals surface area contributed by atoms with Crippen LogP contribution in [0.5, 0.6) is 0 Å². The zero-order valence-corrected chi connectivity index (χ0v) is 9.09. The highest BCUT2D eigenvalue weighted by molar-refractivity contribution is 5.74. The van der Waals surface area contributed by atoms with E-state index in [0.29, 0.717) is 5.92 Å². The molecule has 0 N–H and O–H groups in total. The molecule has 1 heterocycles. The first-order valence-electron chi connectivity index (χ1n) is 5.06. The Hall–Kier alpha value is -0.850. The predicted molar refractivity (Wildman–Crippen MR) is 59.0 cm³/mol. The maximum Gasteiger partial charge on any atom is 0.0370 e. The smallest absolute Gasteiger partial charge is 0.0370 e. The second kappa shape index (κ2) is 4.40. The second-order valence-electron chi connectivity index (χ2n) is 3.90. The summed E-state index contributed by atoms with van der Waals surface area (Å²) in [6.45, 7) is 8.80. The molecule has 0 aromatic carbocycles. The maximum atomic E-state index is 4.40. The maximum absolute atomic E-state index is 4.40. The molecule has 0 spiro atoms. The van der Waals surface area contributed by atoms with Gasteiger partial charge in [-0.3, -0.25) is 4.99 Å². The molecule has 13 heavy (non-hydrogen) atoms. The molecule has 0 bridgehead atoms. The zero-order valence-electron chi connectivity index (χ0n) is 9.09. The number of aliphatic imine (C=N–C) groups is 1. The van der Waals surface area contributed by atoms with Gasteiger partial charge in [0.15, 0.2) is 0 Å². The summed E-state index contributed by atoms with van der Waals surface area (Å²) in [6, 6.07) is 0. The van der Waals surface area contributed by atoms with Crippen molar-refractivity contribution in [3.8, 4) is 0 Å². The van der Waals surface area contributed by atoms with Gasteiger partial charge in [0.1, 0.15) is 0 Å². The molecule has 0 atom stereocenters. The highest BCUT2D eigenvalue weighted by Crippen LogP contribution is 2.26. The first kappa shape index (κ1) is 10.2. The van der Waals surface area contributed by atoms with Crippen molar-refractivity contribution >= 4 is 6.21 Å². The molecular formula is C12H19N. The molecule has 1 nitrogen and oxygen atoms in total. The van der Waals surface area contributed by atoms with Gasteiger partial charge < -0.3 is 0 Å². The van der Waals surface area contributed by atoms with Crippen molar-refractivity contribution in [2.75, 3.05) is 0 Å². The topological polar surface area (TPSA) is 12.4 Å². The fourth-order valence-electron chi connectivity index (χ4n) is 1.63. The highest BCUT2D eigenvalue weighted by Gasteiger charge is 2.10. The Labute approximate surface area is 81.3 Å². The molecule has 1 rings (SSSR count). The third kappa shape index (κ3) is 2.55. The molecule has 1 heteroatoms. The molecule has 0 aromatic rings. The van der Waals surface area contributed by atoms with Crippen LogP contribution in [-0.4, -0.2) is 6.21 Å². The largest absolute Gasteiger partial charge is 0.262 e. The summed E-state index contributed by atoms with van der Waals surface area (Å²) >= 11 is 0. The van der Waals surface area contributed by atoms with Crippen molar-refractivity contribution in [3.05, 3.63) is 22.9 Å². The van der Waals surface area contributed by atoms with Gasteiger partial charge in [-0.25, -0.2) is 0 Å². The van der Waals surface area contributed by atoms with Crippen LogP contribution in [0.25, 0.3) is 0 Å².